The Morgan fingerprint density at radius 2 is 1.94 bits per heavy atom. The number of rotatable bonds is 3. The summed E-state index contributed by atoms with van der Waals surface area (Å²) in [7, 11) is 0. The molecule has 0 unspecified atom stereocenters. The van der Waals surface area contributed by atoms with Gasteiger partial charge in [-0.05, 0) is 18.6 Å². The summed E-state index contributed by atoms with van der Waals surface area (Å²) in [6, 6.07) is 5.13. The summed E-state index contributed by atoms with van der Waals surface area (Å²) < 4.78 is 37.7. The fraction of sp³-hybridized carbons (Fsp3) is 0.364. The highest BCUT2D eigenvalue weighted by atomic mass is 35.5. The summed E-state index contributed by atoms with van der Waals surface area (Å²) in [5.74, 6) is 0. The molecule has 1 nitrogen and oxygen atoms in total. The van der Waals surface area contributed by atoms with Crippen molar-refractivity contribution < 1.29 is 13.2 Å². The Balaban J connectivity index is 3.10. The number of alkyl halides is 3. The summed E-state index contributed by atoms with van der Waals surface area (Å²) in [6.07, 6.45) is -3.17. The lowest BCUT2D eigenvalue weighted by molar-refractivity contribution is -0.137. The maximum Gasteiger partial charge on any atom is 0.418 e. The second kappa shape index (κ2) is 5.34. The zero-order valence-corrected chi connectivity index (χ0v) is 9.44. The molecule has 0 amide bonds. The molecule has 0 aliphatic carbocycles. The first-order valence-corrected chi connectivity index (χ1v) is 5.22. The Labute approximate surface area is 97.0 Å². The Hall–Kier alpha value is -1.03. The van der Waals surface area contributed by atoms with E-state index in [1.165, 1.54) is 18.2 Å². The summed E-state index contributed by atoms with van der Waals surface area (Å²) in [5.41, 5.74) is -0.891. The van der Waals surface area contributed by atoms with Crippen LogP contribution in [0.25, 0.3) is 0 Å². The first-order chi connectivity index (χ1) is 7.45. The summed E-state index contributed by atoms with van der Waals surface area (Å²) >= 11 is 5.72. The van der Waals surface area contributed by atoms with Crippen molar-refractivity contribution in [3.05, 3.63) is 29.8 Å². The lowest BCUT2D eigenvalue weighted by atomic mass is 10.2. The van der Waals surface area contributed by atoms with E-state index in [0.29, 0.717) is 6.42 Å². The lowest BCUT2D eigenvalue weighted by Crippen LogP contribution is -2.05. The van der Waals surface area contributed by atoms with Crippen LogP contribution in [0, 0.1) is 0 Å². The van der Waals surface area contributed by atoms with E-state index in [0.717, 1.165) is 12.5 Å². The normalized spacial score (nSPS) is 12.9. The van der Waals surface area contributed by atoms with Crippen molar-refractivity contribution in [3.8, 4) is 0 Å². The maximum atomic E-state index is 12.6. The van der Waals surface area contributed by atoms with E-state index < -0.39 is 11.7 Å². The third kappa shape index (κ3) is 3.52. The fourth-order valence-electron chi connectivity index (χ4n) is 1.20. The molecule has 0 aliphatic heterocycles. The van der Waals surface area contributed by atoms with Gasteiger partial charge in [0.2, 0.25) is 0 Å². The smallest absolute Gasteiger partial charge is 0.241 e. The van der Waals surface area contributed by atoms with Gasteiger partial charge in [0.1, 0.15) is 5.17 Å². The van der Waals surface area contributed by atoms with Gasteiger partial charge in [0.05, 0.1) is 11.3 Å². The van der Waals surface area contributed by atoms with Gasteiger partial charge in [-0.25, -0.2) is 4.99 Å². The van der Waals surface area contributed by atoms with E-state index in [9.17, 15) is 13.2 Å². The van der Waals surface area contributed by atoms with Crippen LogP contribution in [-0.4, -0.2) is 5.17 Å². The van der Waals surface area contributed by atoms with Crippen molar-refractivity contribution in [3.63, 3.8) is 0 Å². The molecule has 88 valence electrons. The second-order valence-corrected chi connectivity index (χ2v) is 3.69. The molecule has 0 heterocycles. The van der Waals surface area contributed by atoms with Crippen LogP contribution in [-0.2, 0) is 6.18 Å². The van der Waals surface area contributed by atoms with Crippen LogP contribution in [0.5, 0.6) is 0 Å². The minimum atomic E-state index is -4.40. The largest absolute Gasteiger partial charge is 0.418 e. The maximum absolute atomic E-state index is 12.6. The molecule has 0 saturated carbocycles. The Morgan fingerprint density at radius 1 is 1.31 bits per heavy atom. The average molecular weight is 250 g/mol. The van der Waals surface area contributed by atoms with Gasteiger partial charge in [-0.1, -0.05) is 30.7 Å². The Kier molecular flexibility index (Phi) is 4.35. The van der Waals surface area contributed by atoms with Gasteiger partial charge >= 0.3 is 6.18 Å². The molecule has 0 radical (unpaired) electrons. The minimum Gasteiger partial charge on any atom is -0.241 e. The summed E-state index contributed by atoms with van der Waals surface area (Å²) in [5, 5.41) is 0.194. The van der Waals surface area contributed by atoms with Gasteiger partial charge in [-0.15, -0.1) is 0 Å². The average Bonchev–Trinajstić information content (AvgIpc) is 2.17. The standard InChI is InChI=1S/C11H11ClF3N/c1-2-5-10(12)16-9-7-4-3-6-8(9)11(13,14)15/h3-4,6-7H,2,5H2,1H3/b16-10-. The molecule has 0 saturated heterocycles. The molecule has 5 heteroatoms. The van der Waals surface area contributed by atoms with E-state index >= 15 is 0 Å². The van der Waals surface area contributed by atoms with Crippen LogP contribution in [0.2, 0.25) is 0 Å². The van der Waals surface area contributed by atoms with Crippen molar-refractivity contribution in [1.82, 2.24) is 0 Å². The van der Waals surface area contributed by atoms with Crippen molar-refractivity contribution >= 4 is 22.5 Å². The highest BCUT2D eigenvalue weighted by molar-refractivity contribution is 6.65. The van der Waals surface area contributed by atoms with Crippen LogP contribution in [0.1, 0.15) is 25.3 Å². The van der Waals surface area contributed by atoms with Gasteiger partial charge in [0, 0.05) is 6.42 Å². The van der Waals surface area contributed by atoms with E-state index in [2.05, 4.69) is 4.99 Å². The molecule has 0 aromatic heterocycles. The van der Waals surface area contributed by atoms with Crippen molar-refractivity contribution in [2.75, 3.05) is 0 Å². The third-order valence-corrected chi connectivity index (χ3v) is 2.18. The second-order valence-electron chi connectivity index (χ2n) is 3.25. The van der Waals surface area contributed by atoms with Gasteiger partial charge in [0.15, 0.2) is 0 Å². The van der Waals surface area contributed by atoms with E-state index in [-0.39, 0.29) is 10.9 Å². The predicted molar refractivity (Wildman–Crippen MR) is 59.3 cm³/mol. The molecule has 1 aromatic carbocycles. The molecular formula is C11H11ClF3N. The number of hydrogen-bond acceptors (Lipinski definition) is 1. The van der Waals surface area contributed by atoms with Crippen LogP contribution in [0.15, 0.2) is 29.3 Å². The topological polar surface area (TPSA) is 12.4 Å². The monoisotopic (exact) mass is 249 g/mol. The Morgan fingerprint density at radius 3 is 2.50 bits per heavy atom. The van der Waals surface area contributed by atoms with Gasteiger partial charge in [-0.3, -0.25) is 0 Å². The highest BCUT2D eigenvalue weighted by Crippen LogP contribution is 2.36. The molecule has 16 heavy (non-hydrogen) atoms. The molecule has 0 aliphatic rings. The van der Waals surface area contributed by atoms with Crippen LogP contribution >= 0.6 is 11.6 Å². The molecule has 0 bridgehead atoms. The number of nitrogens with zero attached hydrogens (tertiary/aromatic N) is 1. The molecule has 0 atom stereocenters. The van der Waals surface area contributed by atoms with Crippen molar-refractivity contribution in [1.29, 1.82) is 0 Å². The SMILES string of the molecule is CCC/C(Cl)=N/c1ccccc1C(F)(F)F. The summed E-state index contributed by atoms with van der Waals surface area (Å²) in [4.78, 5) is 3.78. The van der Waals surface area contributed by atoms with Gasteiger partial charge in [-0.2, -0.15) is 13.2 Å². The molecule has 0 spiro atoms. The molecular weight excluding hydrogens is 239 g/mol. The lowest BCUT2D eigenvalue weighted by Gasteiger charge is -2.09. The number of aliphatic imine (C=N–C) groups is 1. The van der Waals surface area contributed by atoms with E-state index in [1.54, 1.807) is 0 Å². The zero-order valence-electron chi connectivity index (χ0n) is 8.68. The number of benzene rings is 1. The van der Waals surface area contributed by atoms with Crippen molar-refractivity contribution in [2.45, 2.75) is 25.9 Å². The van der Waals surface area contributed by atoms with E-state index in [4.69, 9.17) is 11.6 Å². The molecule has 1 aromatic rings. The number of halogens is 4. The van der Waals surface area contributed by atoms with Crippen LogP contribution in [0.4, 0.5) is 18.9 Å². The first-order valence-electron chi connectivity index (χ1n) is 4.84. The molecule has 0 fully saturated rings. The van der Waals surface area contributed by atoms with Crippen LogP contribution in [0.3, 0.4) is 0 Å². The molecule has 0 N–H and O–H groups in total. The van der Waals surface area contributed by atoms with Gasteiger partial charge in [0.25, 0.3) is 0 Å². The highest BCUT2D eigenvalue weighted by Gasteiger charge is 2.33. The van der Waals surface area contributed by atoms with Gasteiger partial charge < -0.3 is 0 Å². The fourth-order valence-corrected chi connectivity index (χ4v) is 1.48. The number of hydrogen-bond donors (Lipinski definition) is 0. The number of para-hydroxylation sites is 1. The third-order valence-electron chi connectivity index (χ3n) is 1.91. The quantitative estimate of drug-likeness (QED) is 0.684. The predicted octanol–water partition coefficient (Wildman–Crippen LogP) is 4.77. The van der Waals surface area contributed by atoms with E-state index in [1.807, 2.05) is 6.92 Å². The van der Waals surface area contributed by atoms with Crippen LogP contribution < -0.4 is 0 Å². The Bertz CT molecular complexity index is 385. The zero-order chi connectivity index (χ0) is 12.2. The molecule has 1 rings (SSSR count). The summed E-state index contributed by atoms with van der Waals surface area (Å²) in [6.45, 7) is 1.88. The first kappa shape index (κ1) is 13.0. The van der Waals surface area contributed by atoms with Crippen molar-refractivity contribution in [2.24, 2.45) is 4.99 Å². The minimum absolute atomic E-state index is 0.131.